The molecule has 1 aliphatic heterocycles. The summed E-state index contributed by atoms with van der Waals surface area (Å²) in [6, 6.07) is 7.09. The molecule has 0 aromatic heterocycles. The quantitative estimate of drug-likeness (QED) is 0.821. The number of para-hydroxylation sites is 1. The summed E-state index contributed by atoms with van der Waals surface area (Å²) in [5.74, 6) is -0.0179. The molecule has 0 amide bonds. The van der Waals surface area contributed by atoms with Crippen molar-refractivity contribution in [1.29, 1.82) is 0 Å². The second-order valence-corrected chi connectivity index (χ2v) is 3.21. The molecule has 1 N–H and O–H groups in total. The van der Waals surface area contributed by atoms with Gasteiger partial charge in [0.25, 0.3) is 0 Å². The number of aliphatic carboxylic acids is 1. The van der Waals surface area contributed by atoms with Crippen LogP contribution in [0.5, 0.6) is 5.75 Å². The lowest BCUT2D eigenvalue weighted by Gasteiger charge is -2.09. The van der Waals surface area contributed by atoms with E-state index in [-0.39, 0.29) is 6.61 Å². The molecule has 0 fully saturated rings. The van der Waals surface area contributed by atoms with Gasteiger partial charge in [0.05, 0.1) is 12.1 Å². The van der Waals surface area contributed by atoms with E-state index in [0.29, 0.717) is 30.4 Å². The van der Waals surface area contributed by atoms with Crippen LogP contribution < -0.4 is 4.74 Å². The van der Waals surface area contributed by atoms with Gasteiger partial charge in [-0.05, 0) is 12.1 Å². The molecular weight excluding hydrogens is 210 g/mol. The highest BCUT2D eigenvalue weighted by Gasteiger charge is 2.15. The minimum absolute atomic E-state index is 0.371. The molecule has 2 rings (SSSR count). The number of carboxylic acid groups (broad SMARTS) is 1. The van der Waals surface area contributed by atoms with Gasteiger partial charge in [-0.3, -0.25) is 0 Å². The molecule has 1 aliphatic rings. The van der Waals surface area contributed by atoms with E-state index in [1.807, 2.05) is 6.07 Å². The first-order valence-electron chi connectivity index (χ1n) is 4.88. The van der Waals surface area contributed by atoms with Crippen LogP contribution in [0.4, 0.5) is 0 Å². The second-order valence-electron chi connectivity index (χ2n) is 3.21. The van der Waals surface area contributed by atoms with Crippen LogP contribution in [0.15, 0.2) is 29.3 Å². The first kappa shape index (κ1) is 10.5. The Labute approximate surface area is 92.3 Å². The molecule has 1 heterocycles. The van der Waals surface area contributed by atoms with Crippen LogP contribution in [0.1, 0.15) is 5.56 Å². The van der Waals surface area contributed by atoms with Crippen molar-refractivity contribution in [2.24, 2.45) is 4.99 Å². The zero-order chi connectivity index (χ0) is 11.4. The lowest BCUT2D eigenvalue weighted by Crippen LogP contribution is -2.12. The molecular formula is C11H11NO4. The summed E-state index contributed by atoms with van der Waals surface area (Å²) in [4.78, 5) is 14.6. The minimum atomic E-state index is -1.01. The average molecular weight is 221 g/mol. The van der Waals surface area contributed by atoms with E-state index in [1.165, 1.54) is 0 Å². The predicted octanol–water partition coefficient (Wildman–Crippen LogP) is 0.927. The standard InChI is InChI=1S/C11H11NO4/c13-10(14)7-16-9-4-2-1-3-8(9)11-12-5-6-15-11/h1-4H,5-7H2,(H,13,14). The lowest BCUT2D eigenvalue weighted by atomic mass is 10.2. The Bertz CT molecular complexity index is 428. The van der Waals surface area contributed by atoms with Gasteiger partial charge in [-0.25, -0.2) is 9.79 Å². The molecule has 84 valence electrons. The molecule has 0 radical (unpaired) electrons. The van der Waals surface area contributed by atoms with E-state index >= 15 is 0 Å². The first-order valence-corrected chi connectivity index (χ1v) is 4.88. The zero-order valence-electron chi connectivity index (χ0n) is 8.55. The average Bonchev–Trinajstić information content (AvgIpc) is 2.80. The largest absolute Gasteiger partial charge is 0.481 e. The Hall–Kier alpha value is -2.04. The van der Waals surface area contributed by atoms with Crippen molar-refractivity contribution in [2.45, 2.75) is 0 Å². The fourth-order valence-corrected chi connectivity index (χ4v) is 1.41. The number of benzene rings is 1. The smallest absolute Gasteiger partial charge is 0.341 e. The van der Waals surface area contributed by atoms with Crippen LogP contribution in [-0.4, -0.2) is 36.7 Å². The van der Waals surface area contributed by atoms with Gasteiger partial charge in [-0.15, -0.1) is 0 Å². The first-order chi connectivity index (χ1) is 7.77. The van der Waals surface area contributed by atoms with Crippen molar-refractivity contribution in [3.8, 4) is 5.75 Å². The number of hydrogen-bond donors (Lipinski definition) is 1. The molecule has 0 atom stereocenters. The van der Waals surface area contributed by atoms with E-state index < -0.39 is 5.97 Å². The summed E-state index contributed by atoms with van der Waals surface area (Å²) in [6.45, 7) is 0.815. The van der Waals surface area contributed by atoms with Crippen molar-refractivity contribution in [3.63, 3.8) is 0 Å². The highest BCUT2D eigenvalue weighted by atomic mass is 16.5. The van der Waals surface area contributed by atoms with E-state index in [4.69, 9.17) is 14.6 Å². The molecule has 0 saturated carbocycles. The molecule has 0 saturated heterocycles. The molecule has 0 bridgehead atoms. The number of nitrogens with zero attached hydrogens (tertiary/aromatic N) is 1. The van der Waals surface area contributed by atoms with E-state index in [0.717, 1.165) is 0 Å². The van der Waals surface area contributed by atoms with Gasteiger partial charge in [-0.2, -0.15) is 0 Å². The normalized spacial score (nSPS) is 14.1. The van der Waals surface area contributed by atoms with Crippen LogP contribution in [0.25, 0.3) is 0 Å². The fourth-order valence-electron chi connectivity index (χ4n) is 1.41. The third kappa shape index (κ3) is 2.31. The highest BCUT2D eigenvalue weighted by Crippen LogP contribution is 2.20. The molecule has 1 aromatic rings. The SMILES string of the molecule is O=C(O)COc1ccccc1C1=NCCO1. The number of carboxylic acids is 1. The van der Waals surface area contributed by atoms with Crippen molar-refractivity contribution >= 4 is 11.9 Å². The maximum absolute atomic E-state index is 10.4. The summed E-state index contributed by atoms with van der Waals surface area (Å²) < 4.78 is 10.5. The number of aliphatic imine (C=N–C) groups is 1. The van der Waals surface area contributed by atoms with Crippen LogP contribution in [-0.2, 0) is 9.53 Å². The van der Waals surface area contributed by atoms with E-state index in [2.05, 4.69) is 4.99 Å². The van der Waals surface area contributed by atoms with Gasteiger partial charge in [0.15, 0.2) is 6.61 Å². The maximum atomic E-state index is 10.4. The van der Waals surface area contributed by atoms with Crippen molar-refractivity contribution in [2.75, 3.05) is 19.8 Å². The third-order valence-corrected chi connectivity index (χ3v) is 2.05. The predicted molar refractivity (Wildman–Crippen MR) is 56.9 cm³/mol. The van der Waals surface area contributed by atoms with E-state index in [9.17, 15) is 4.79 Å². The number of carbonyl (C=O) groups is 1. The van der Waals surface area contributed by atoms with Gasteiger partial charge < -0.3 is 14.6 Å². The Balaban J connectivity index is 2.20. The van der Waals surface area contributed by atoms with Gasteiger partial charge in [0, 0.05) is 0 Å². The number of ether oxygens (including phenoxy) is 2. The molecule has 5 nitrogen and oxygen atoms in total. The Morgan fingerprint density at radius 1 is 1.50 bits per heavy atom. The highest BCUT2D eigenvalue weighted by molar-refractivity contribution is 5.97. The van der Waals surface area contributed by atoms with Crippen LogP contribution >= 0.6 is 0 Å². The van der Waals surface area contributed by atoms with Crippen molar-refractivity contribution < 1.29 is 19.4 Å². The summed E-state index contributed by atoms with van der Waals surface area (Å²) >= 11 is 0. The molecule has 16 heavy (non-hydrogen) atoms. The molecule has 0 unspecified atom stereocenters. The third-order valence-electron chi connectivity index (χ3n) is 2.05. The Morgan fingerprint density at radius 2 is 2.31 bits per heavy atom. The monoisotopic (exact) mass is 221 g/mol. The van der Waals surface area contributed by atoms with E-state index in [1.54, 1.807) is 18.2 Å². The van der Waals surface area contributed by atoms with Crippen molar-refractivity contribution in [3.05, 3.63) is 29.8 Å². The Kier molecular flexibility index (Phi) is 3.05. The molecule has 1 aromatic carbocycles. The molecule has 0 spiro atoms. The summed E-state index contributed by atoms with van der Waals surface area (Å²) in [6.07, 6.45) is 0. The minimum Gasteiger partial charge on any atom is -0.481 e. The summed E-state index contributed by atoms with van der Waals surface area (Å²) in [5.41, 5.74) is 0.696. The van der Waals surface area contributed by atoms with Gasteiger partial charge in [-0.1, -0.05) is 12.1 Å². The molecule has 0 aliphatic carbocycles. The topological polar surface area (TPSA) is 68.1 Å². The molecule has 5 heteroatoms. The zero-order valence-corrected chi connectivity index (χ0v) is 8.55. The lowest BCUT2D eigenvalue weighted by molar-refractivity contribution is -0.139. The second kappa shape index (κ2) is 4.65. The number of hydrogen-bond acceptors (Lipinski definition) is 4. The summed E-state index contributed by atoms with van der Waals surface area (Å²) in [7, 11) is 0. The van der Waals surface area contributed by atoms with Crippen LogP contribution in [0.3, 0.4) is 0 Å². The van der Waals surface area contributed by atoms with Crippen LogP contribution in [0, 0.1) is 0 Å². The van der Waals surface area contributed by atoms with Crippen molar-refractivity contribution in [1.82, 2.24) is 0 Å². The van der Waals surface area contributed by atoms with Gasteiger partial charge in [0.1, 0.15) is 12.4 Å². The van der Waals surface area contributed by atoms with Gasteiger partial charge in [0.2, 0.25) is 5.90 Å². The summed E-state index contributed by atoms with van der Waals surface area (Å²) in [5, 5.41) is 8.54. The van der Waals surface area contributed by atoms with Crippen LogP contribution in [0.2, 0.25) is 0 Å². The fraction of sp³-hybridized carbons (Fsp3) is 0.273. The maximum Gasteiger partial charge on any atom is 0.341 e. The van der Waals surface area contributed by atoms with Gasteiger partial charge >= 0.3 is 5.97 Å². The Morgan fingerprint density at radius 3 is 3.00 bits per heavy atom. The number of rotatable bonds is 4.